The van der Waals surface area contributed by atoms with Crippen LogP contribution in [0.15, 0.2) is 30.6 Å². The third kappa shape index (κ3) is 3.25. The number of aryl methyl sites for hydroxylation is 1. The van der Waals surface area contributed by atoms with Crippen LogP contribution in [0.3, 0.4) is 0 Å². The topological polar surface area (TPSA) is 79.2 Å². The minimum Gasteiger partial charge on any atom is -0.478 e. The zero-order chi connectivity index (χ0) is 13.8. The van der Waals surface area contributed by atoms with Crippen LogP contribution in [0.25, 0.3) is 0 Å². The lowest BCUT2D eigenvalue weighted by molar-refractivity contribution is 0.0696. The minimum absolute atomic E-state index is 0.0748. The summed E-state index contributed by atoms with van der Waals surface area (Å²) in [6.45, 7) is 2.50. The van der Waals surface area contributed by atoms with Gasteiger partial charge in [0.2, 0.25) is 5.95 Å². The van der Waals surface area contributed by atoms with E-state index in [9.17, 15) is 4.79 Å². The molecule has 98 valence electrons. The second-order valence-corrected chi connectivity index (χ2v) is 4.20. The summed E-state index contributed by atoms with van der Waals surface area (Å²) >= 11 is 0. The standard InChI is InChI=1S/C13H14N4O2/c1-9-4-3-5-11(16-9)8-17(2)13-14-6-10(7-15-13)12(18)19/h3-7H,8H2,1-2H3,(H,18,19). The second-order valence-electron chi connectivity index (χ2n) is 4.20. The molecule has 0 aliphatic carbocycles. The molecule has 0 bridgehead atoms. The van der Waals surface area contributed by atoms with Gasteiger partial charge in [0.1, 0.15) is 0 Å². The number of carboxylic acid groups (broad SMARTS) is 1. The molecule has 1 N–H and O–H groups in total. The molecule has 0 spiro atoms. The number of carboxylic acids is 1. The Labute approximate surface area is 110 Å². The van der Waals surface area contributed by atoms with Gasteiger partial charge in [0.25, 0.3) is 0 Å². The fourth-order valence-electron chi connectivity index (χ4n) is 1.63. The van der Waals surface area contributed by atoms with Gasteiger partial charge in [0.15, 0.2) is 0 Å². The number of hydrogen-bond acceptors (Lipinski definition) is 5. The third-order valence-electron chi connectivity index (χ3n) is 2.57. The summed E-state index contributed by atoms with van der Waals surface area (Å²) in [4.78, 5) is 25.0. The number of pyridine rings is 1. The maximum Gasteiger partial charge on any atom is 0.338 e. The first-order valence-electron chi connectivity index (χ1n) is 5.75. The summed E-state index contributed by atoms with van der Waals surface area (Å²) in [6.07, 6.45) is 2.59. The van der Waals surface area contributed by atoms with Gasteiger partial charge in [0, 0.05) is 25.1 Å². The molecule has 2 rings (SSSR count). The molecule has 0 amide bonds. The molecule has 0 saturated carbocycles. The smallest absolute Gasteiger partial charge is 0.338 e. The summed E-state index contributed by atoms with van der Waals surface area (Å²) in [5, 5.41) is 8.78. The number of carbonyl (C=O) groups is 1. The lowest BCUT2D eigenvalue weighted by Gasteiger charge is -2.16. The monoisotopic (exact) mass is 258 g/mol. The molecule has 0 unspecified atom stereocenters. The van der Waals surface area contributed by atoms with Crippen LogP contribution in [0.1, 0.15) is 21.7 Å². The summed E-state index contributed by atoms with van der Waals surface area (Å²) in [7, 11) is 1.83. The second kappa shape index (κ2) is 5.43. The maximum absolute atomic E-state index is 10.7. The quantitative estimate of drug-likeness (QED) is 0.895. The first-order valence-corrected chi connectivity index (χ1v) is 5.75. The van der Waals surface area contributed by atoms with E-state index < -0.39 is 5.97 Å². The molecule has 0 aromatic carbocycles. The number of aromatic carboxylic acids is 1. The van der Waals surface area contributed by atoms with Crippen molar-refractivity contribution in [3.63, 3.8) is 0 Å². The predicted octanol–water partition coefficient (Wildman–Crippen LogP) is 1.51. The number of aromatic nitrogens is 3. The SMILES string of the molecule is Cc1cccc(CN(C)c2ncc(C(=O)O)cn2)n1. The maximum atomic E-state index is 10.7. The lowest BCUT2D eigenvalue weighted by atomic mass is 10.3. The van der Waals surface area contributed by atoms with Crippen molar-refractivity contribution < 1.29 is 9.90 Å². The van der Waals surface area contributed by atoms with E-state index in [4.69, 9.17) is 5.11 Å². The van der Waals surface area contributed by atoms with Crippen LogP contribution in [0, 0.1) is 6.92 Å². The molecule has 2 aromatic heterocycles. The number of nitrogens with zero attached hydrogens (tertiary/aromatic N) is 4. The van der Waals surface area contributed by atoms with Gasteiger partial charge in [-0.05, 0) is 19.1 Å². The molecule has 0 aliphatic heterocycles. The fraction of sp³-hybridized carbons (Fsp3) is 0.231. The summed E-state index contributed by atoms with van der Waals surface area (Å²) < 4.78 is 0. The van der Waals surface area contributed by atoms with E-state index in [-0.39, 0.29) is 5.56 Å². The summed E-state index contributed by atoms with van der Waals surface area (Å²) in [5.74, 6) is -0.567. The van der Waals surface area contributed by atoms with Gasteiger partial charge in [-0.2, -0.15) is 0 Å². The molecule has 0 aliphatic rings. The van der Waals surface area contributed by atoms with Crippen molar-refractivity contribution in [2.45, 2.75) is 13.5 Å². The average molecular weight is 258 g/mol. The molecule has 0 saturated heterocycles. The van der Waals surface area contributed by atoms with Crippen LogP contribution < -0.4 is 4.90 Å². The van der Waals surface area contributed by atoms with Crippen LogP contribution in [-0.4, -0.2) is 33.1 Å². The van der Waals surface area contributed by atoms with Crippen LogP contribution in [0.4, 0.5) is 5.95 Å². The van der Waals surface area contributed by atoms with Gasteiger partial charge in [-0.1, -0.05) is 6.07 Å². The Kier molecular flexibility index (Phi) is 3.70. The van der Waals surface area contributed by atoms with E-state index in [2.05, 4.69) is 15.0 Å². The molecule has 6 nitrogen and oxygen atoms in total. The highest BCUT2D eigenvalue weighted by atomic mass is 16.4. The lowest BCUT2D eigenvalue weighted by Crippen LogP contribution is -2.20. The number of anilines is 1. The first kappa shape index (κ1) is 12.9. The Bertz CT molecular complexity index is 583. The van der Waals surface area contributed by atoms with Crippen LogP contribution in [-0.2, 0) is 6.54 Å². The third-order valence-corrected chi connectivity index (χ3v) is 2.57. The zero-order valence-corrected chi connectivity index (χ0v) is 10.7. The van der Waals surface area contributed by atoms with Gasteiger partial charge in [-0.25, -0.2) is 14.8 Å². The molecule has 0 fully saturated rings. The number of hydrogen-bond donors (Lipinski definition) is 1. The van der Waals surface area contributed by atoms with E-state index in [0.717, 1.165) is 11.4 Å². The normalized spacial score (nSPS) is 10.2. The van der Waals surface area contributed by atoms with E-state index in [1.807, 2.05) is 37.1 Å². The van der Waals surface area contributed by atoms with Crippen molar-refractivity contribution in [2.24, 2.45) is 0 Å². The first-order chi connectivity index (χ1) is 9.06. The molecular formula is C13H14N4O2. The average Bonchev–Trinajstić information content (AvgIpc) is 2.39. The van der Waals surface area contributed by atoms with Gasteiger partial charge in [0.05, 0.1) is 17.8 Å². The van der Waals surface area contributed by atoms with E-state index in [1.54, 1.807) is 0 Å². The van der Waals surface area contributed by atoms with Crippen molar-refractivity contribution in [3.8, 4) is 0 Å². The van der Waals surface area contributed by atoms with Crippen molar-refractivity contribution in [2.75, 3.05) is 11.9 Å². The van der Waals surface area contributed by atoms with Crippen molar-refractivity contribution in [1.29, 1.82) is 0 Å². The molecule has 0 radical (unpaired) electrons. The largest absolute Gasteiger partial charge is 0.478 e. The Hall–Kier alpha value is -2.50. The zero-order valence-electron chi connectivity index (χ0n) is 10.7. The minimum atomic E-state index is -1.03. The Morgan fingerprint density at radius 1 is 1.32 bits per heavy atom. The predicted molar refractivity (Wildman–Crippen MR) is 70.1 cm³/mol. The van der Waals surface area contributed by atoms with Gasteiger partial charge in [-0.3, -0.25) is 4.98 Å². The Morgan fingerprint density at radius 3 is 2.58 bits per heavy atom. The van der Waals surface area contributed by atoms with Crippen molar-refractivity contribution in [3.05, 3.63) is 47.5 Å². The molecular weight excluding hydrogens is 244 g/mol. The molecule has 2 heterocycles. The fourth-order valence-corrected chi connectivity index (χ4v) is 1.63. The molecule has 0 atom stereocenters. The summed E-state index contributed by atoms with van der Waals surface area (Å²) in [5.41, 5.74) is 1.94. The highest BCUT2D eigenvalue weighted by Gasteiger charge is 2.08. The molecule has 19 heavy (non-hydrogen) atoms. The van der Waals surface area contributed by atoms with Gasteiger partial charge in [-0.15, -0.1) is 0 Å². The Balaban J connectivity index is 2.11. The molecule has 2 aromatic rings. The van der Waals surface area contributed by atoms with Gasteiger partial charge < -0.3 is 10.0 Å². The van der Waals surface area contributed by atoms with Crippen molar-refractivity contribution >= 4 is 11.9 Å². The van der Waals surface area contributed by atoms with Crippen molar-refractivity contribution in [1.82, 2.24) is 15.0 Å². The highest BCUT2D eigenvalue weighted by Crippen LogP contribution is 2.09. The highest BCUT2D eigenvalue weighted by molar-refractivity contribution is 5.86. The van der Waals surface area contributed by atoms with Gasteiger partial charge >= 0.3 is 5.97 Å². The Morgan fingerprint density at radius 2 is 2.00 bits per heavy atom. The van der Waals surface area contributed by atoms with Crippen LogP contribution in [0.2, 0.25) is 0 Å². The van der Waals surface area contributed by atoms with E-state index in [0.29, 0.717) is 12.5 Å². The van der Waals surface area contributed by atoms with E-state index in [1.165, 1.54) is 12.4 Å². The number of rotatable bonds is 4. The van der Waals surface area contributed by atoms with E-state index >= 15 is 0 Å². The van der Waals surface area contributed by atoms with Crippen LogP contribution >= 0.6 is 0 Å². The molecule has 6 heteroatoms. The summed E-state index contributed by atoms with van der Waals surface area (Å²) in [6, 6.07) is 5.80. The van der Waals surface area contributed by atoms with Crippen LogP contribution in [0.5, 0.6) is 0 Å².